The fraction of sp³-hybridized carbons (Fsp3) is 0.385. The van der Waals surface area contributed by atoms with Crippen LogP contribution in [0.25, 0.3) is 0 Å². The smallest absolute Gasteiger partial charge is 0.332 e. The third kappa shape index (κ3) is 5.57. The number of hydrogen-bond acceptors (Lipinski definition) is 5. The summed E-state index contributed by atoms with van der Waals surface area (Å²) >= 11 is 0. The first kappa shape index (κ1) is 15.8. The normalized spacial score (nSPS) is 10.5. The van der Waals surface area contributed by atoms with Gasteiger partial charge < -0.3 is 19.9 Å². The second-order valence-corrected chi connectivity index (χ2v) is 3.84. The summed E-state index contributed by atoms with van der Waals surface area (Å²) in [7, 11) is 3.21. The van der Waals surface area contributed by atoms with Gasteiger partial charge in [-0.1, -0.05) is 0 Å². The van der Waals surface area contributed by atoms with Gasteiger partial charge in [0.2, 0.25) is 0 Å². The number of hydrogen-bond donors (Lipinski definition) is 2. The lowest BCUT2D eigenvalue weighted by atomic mass is 10.2. The summed E-state index contributed by atoms with van der Waals surface area (Å²) in [6.45, 7) is 1.15. The summed E-state index contributed by atoms with van der Waals surface area (Å²) in [4.78, 5) is 10.5. The second kappa shape index (κ2) is 8.76. The zero-order valence-corrected chi connectivity index (χ0v) is 11.6. The van der Waals surface area contributed by atoms with Gasteiger partial charge in [-0.05, 0) is 23.8 Å². The average molecular weight is 281 g/mol. The first-order valence-corrected chi connectivity index (χ1v) is 6.05. The van der Waals surface area contributed by atoms with E-state index in [1.54, 1.807) is 32.4 Å². The maximum atomic E-state index is 10.5. The predicted molar refractivity (Wildman–Crippen MR) is 75.3 cm³/mol. The van der Waals surface area contributed by atoms with Crippen molar-refractivity contribution >= 4 is 12.2 Å². The Bertz CT molecular complexity index is 463. The van der Waals surface area contributed by atoms with Crippen molar-refractivity contribution in [1.29, 1.82) is 0 Å². The number of hydrazone groups is 1. The topological polar surface area (TPSA) is 95.2 Å². The van der Waals surface area contributed by atoms with Crippen LogP contribution in [0, 0.1) is 0 Å². The quantitative estimate of drug-likeness (QED) is 0.424. The van der Waals surface area contributed by atoms with Crippen molar-refractivity contribution < 1.29 is 19.0 Å². The lowest BCUT2D eigenvalue weighted by molar-refractivity contribution is 0.170. The molecule has 3 N–H and O–H groups in total. The zero-order valence-electron chi connectivity index (χ0n) is 11.6. The molecule has 0 aromatic heterocycles. The molecule has 0 atom stereocenters. The number of methoxy groups -OCH3 is 2. The van der Waals surface area contributed by atoms with Crippen molar-refractivity contribution in [3.05, 3.63) is 23.8 Å². The minimum Gasteiger partial charge on any atom is -0.493 e. The molecule has 0 radical (unpaired) electrons. The van der Waals surface area contributed by atoms with Crippen molar-refractivity contribution in [3.8, 4) is 11.5 Å². The molecule has 0 saturated heterocycles. The number of rotatable bonds is 8. The third-order valence-electron chi connectivity index (χ3n) is 2.33. The van der Waals surface area contributed by atoms with Crippen LogP contribution in [0.1, 0.15) is 12.0 Å². The van der Waals surface area contributed by atoms with Crippen LogP contribution in [-0.2, 0) is 4.74 Å². The molecule has 0 saturated carbocycles. The molecule has 0 aliphatic heterocycles. The van der Waals surface area contributed by atoms with Crippen LogP contribution in [0.4, 0.5) is 4.79 Å². The maximum absolute atomic E-state index is 10.5. The molecular formula is C13H19N3O4. The second-order valence-electron chi connectivity index (χ2n) is 3.84. The standard InChI is InChI=1S/C13H19N3O4/c1-18-6-3-7-20-12-8-10(4-5-11(12)19-2)9-15-16-13(14)17/h4-5,8-9H,3,6-7H2,1-2H3,(H3,14,16,17). The molecule has 0 aliphatic rings. The predicted octanol–water partition coefficient (Wildman–Crippen LogP) is 1.11. The molecule has 0 fully saturated rings. The van der Waals surface area contributed by atoms with E-state index >= 15 is 0 Å². The minimum absolute atomic E-state index is 0.518. The number of benzene rings is 1. The summed E-state index contributed by atoms with van der Waals surface area (Å²) in [5.74, 6) is 1.23. The van der Waals surface area contributed by atoms with Crippen LogP contribution < -0.4 is 20.6 Å². The van der Waals surface area contributed by atoms with E-state index in [1.165, 1.54) is 6.21 Å². The van der Waals surface area contributed by atoms with Gasteiger partial charge in [0, 0.05) is 20.1 Å². The van der Waals surface area contributed by atoms with Gasteiger partial charge in [0.15, 0.2) is 11.5 Å². The highest BCUT2D eigenvalue weighted by atomic mass is 16.5. The van der Waals surface area contributed by atoms with Crippen molar-refractivity contribution in [2.75, 3.05) is 27.4 Å². The molecule has 1 aromatic rings. The fourth-order valence-corrected chi connectivity index (χ4v) is 1.44. The Morgan fingerprint density at radius 1 is 1.35 bits per heavy atom. The molecule has 0 bridgehead atoms. The lowest BCUT2D eigenvalue weighted by Gasteiger charge is -2.11. The summed E-state index contributed by atoms with van der Waals surface area (Å²) in [5, 5.41) is 3.68. The third-order valence-corrected chi connectivity index (χ3v) is 2.33. The number of carbonyl (C=O) groups excluding carboxylic acids is 1. The highest BCUT2D eigenvalue weighted by Gasteiger charge is 2.05. The van der Waals surface area contributed by atoms with Crippen molar-refractivity contribution in [1.82, 2.24) is 5.43 Å². The van der Waals surface area contributed by atoms with Crippen LogP contribution in [0.3, 0.4) is 0 Å². The molecule has 0 heterocycles. The van der Waals surface area contributed by atoms with E-state index in [9.17, 15) is 4.79 Å². The molecular weight excluding hydrogens is 262 g/mol. The Morgan fingerprint density at radius 2 is 2.15 bits per heavy atom. The Labute approximate surface area is 117 Å². The summed E-state index contributed by atoms with van der Waals surface area (Å²) in [6.07, 6.45) is 2.24. The van der Waals surface area contributed by atoms with Crippen LogP contribution in [0.5, 0.6) is 11.5 Å². The molecule has 1 rings (SSSR count). The van der Waals surface area contributed by atoms with Crippen LogP contribution in [0.2, 0.25) is 0 Å². The highest BCUT2D eigenvalue weighted by molar-refractivity contribution is 5.82. The van der Waals surface area contributed by atoms with Gasteiger partial charge >= 0.3 is 6.03 Å². The largest absolute Gasteiger partial charge is 0.493 e. The van der Waals surface area contributed by atoms with E-state index in [0.29, 0.717) is 24.7 Å². The van der Waals surface area contributed by atoms with Crippen molar-refractivity contribution in [2.45, 2.75) is 6.42 Å². The lowest BCUT2D eigenvalue weighted by Crippen LogP contribution is -2.24. The van der Waals surface area contributed by atoms with E-state index in [1.807, 2.05) is 0 Å². The molecule has 0 spiro atoms. The Morgan fingerprint density at radius 3 is 2.80 bits per heavy atom. The first-order chi connectivity index (χ1) is 9.67. The monoisotopic (exact) mass is 281 g/mol. The molecule has 20 heavy (non-hydrogen) atoms. The molecule has 7 heteroatoms. The molecule has 110 valence electrons. The summed E-state index contributed by atoms with van der Waals surface area (Å²) in [6, 6.07) is 4.59. The first-order valence-electron chi connectivity index (χ1n) is 6.05. The van der Waals surface area contributed by atoms with E-state index in [4.69, 9.17) is 19.9 Å². The molecule has 1 aromatic carbocycles. The zero-order chi connectivity index (χ0) is 14.8. The number of nitrogens with zero attached hydrogens (tertiary/aromatic N) is 1. The fourth-order valence-electron chi connectivity index (χ4n) is 1.44. The number of ether oxygens (including phenoxy) is 3. The van der Waals surface area contributed by atoms with Gasteiger partial charge in [-0.15, -0.1) is 0 Å². The van der Waals surface area contributed by atoms with Gasteiger partial charge in [0.25, 0.3) is 0 Å². The van der Waals surface area contributed by atoms with Gasteiger partial charge in [0.1, 0.15) is 0 Å². The van der Waals surface area contributed by atoms with E-state index in [2.05, 4.69) is 10.5 Å². The Kier molecular flexibility index (Phi) is 6.91. The molecule has 0 aliphatic carbocycles. The molecule has 2 amide bonds. The number of nitrogens with two attached hydrogens (primary N) is 1. The maximum Gasteiger partial charge on any atom is 0.332 e. The SMILES string of the molecule is COCCCOc1cc(C=NNC(N)=O)ccc1OC. The number of amides is 2. The van der Waals surface area contributed by atoms with Crippen LogP contribution in [-0.4, -0.2) is 39.7 Å². The molecule has 7 nitrogen and oxygen atoms in total. The summed E-state index contributed by atoms with van der Waals surface area (Å²) in [5.41, 5.74) is 7.78. The average Bonchev–Trinajstić information content (AvgIpc) is 2.43. The summed E-state index contributed by atoms with van der Waals surface area (Å²) < 4.78 is 15.8. The number of carbonyl (C=O) groups is 1. The highest BCUT2D eigenvalue weighted by Crippen LogP contribution is 2.27. The number of primary amides is 1. The van der Waals surface area contributed by atoms with Gasteiger partial charge in [-0.2, -0.15) is 5.10 Å². The van der Waals surface area contributed by atoms with Gasteiger partial charge in [-0.3, -0.25) is 0 Å². The van der Waals surface area contributed by atoms with E-state index in [0.717, 1.165) is 12.0 Å². The Hall–Kier alpha value is -2.28. The molecule has 0 unspecified atom stereocenters. The van der Waals surface area contributed by atoms with E-state index < -0.39 is 6.03 Å². The van der Waals surface area contributed by atoms with Crippen LogP contribution in [0.15, 0.2) is 23.3 Å². The minimum atomic E-state index is -0.717. The number of nitrogens with one attached hydrogen (secondary N) is 1. The van der Waals surface area contributed by atoms with E-state index in [-0.39, 0.29) is 0 Å². The van der Waals surface area contributed by atoms with Gasteiger partial charge in [0.05, 0.1) is 19.9 Å². The van der Waals surface area contributed by atoms with Crippen molar-refractivity contribution in [2.24, 2.45) is 10.8 Å². The Balaban J connectivity index is 2.69. The van der Waals surface area contributed by atoms with Crippen LogP contribution >= 0.6 is 0 Å². The van der Waals surface area contributed by atoms with Gasteiger partial charge in [-0.25, -0.2) is 10.2 Å². The number of urea groups is 1. The van der Waals surface area contributed by atoms with Crippen molar-refractivity contribution in [3.63, 3.8) is 0 Å².